The molecule has 2 aromatic heterocycles. The van der Waals surface area contributed by atoms with Crippen molar-refractivity contribution < 1.29 is 9.59 Å². The standard InChI is InChI=1S/C29H34N6O2/c1-5-29(3,4)31-28(37)27(23-13-16-30-17-14-23)34(18-15-22-10-8-9-21(2)19-22)26(36)20-35-25-12-7-6-11-24(25)32-33-35/h6-14,16-17,19,27H,5,15,18,20H2,1-4H3,(H,31,37). The third-order valence-corrected chi connectivity index (χ3v) is 6.68. The third kappa shape index (κ3) is 6.39. The molecule has 2 heterocycles. The molecule has 0 bridgehead atoms. The van der Waals surface area contributed by atoms with E-state index in [1.807, 2.05) is 70.2 Å². The van der Waals surface area contributed by atoms with Crippen LogP contribution in [0.15, 0.2) is 73.1 Å². The van der Waals surface area contributed by atoms with Gasteiger partial charge in [0.05, 0.1) is 5.52 Å². The number of benzene rings is 2. The van der Waals surface area contributed by atoms with Gasteiger partial charge in [-0.3, -0.25) is 14.6 Å². The SMILES string of the molecule is CCC(C)(C)NC(=O)C(c1ccncc1)N(CCc1cccc(C)c1)C(=O)Cn1nnc2ccccc21. The highest BCUT2D eigenvalue weighted by Gasteiger charge is 2.34. The average Bonchev–Trinajstić information content (AvgIpc) is 3.29. The lowest BCUT2D eigenvalue weighted by molar-refractivity contribution is -0.142. The zero-order valence-corrected chi connectivity index (χ0v) is 21.9. The van der Waals surface area contributed by atoms with Crippen molar-refractivity contribution in [3.8, 4) is 0 Å². The van der Waals surface area contributed by atoms with E-state index in [1.165, 1.54) is 0 Å². The molecule has 0 aliphatic carbocycles. The second-order valence-electron chi connectivity index (χ2n) is 9.97. The summed E-state index contributed by atoms with van der Waals surface area (Å²) >= 11 is 0. The molecule has 2 amide bonds. The number of rotatable bonds is 10. The average molecular weight is 499 g/mol. The molecule has 0 aliphatic rings. The van der Waals surface area contributed by atoms with E-state index < -0.39 is 11.6 Å². The van der Waals surface area contributed by atoms with E-state index in [0.29, 0.717) is 18.5 Å². The van der Waals surface area contributed by atoms with Crippen LogP contribution in [0.3, 0.4) is 0 Å². The second kappa shape index (κ2) is 11.3. The summed E-state index contributed by atoms with van der Waals surface area (Å²) in [4.78, 5) is 33.5. The van der Waals surface area contributed by atoms with Gasteiger partial charge in [-0.05, 0) is 69.0 Å². The van der Waals surface area contributed by atoms with Gasteiger partial charge in [0.25, 0.3) is 0 Å². The summed E-state index contributed by atoms with van der Waals surface area (Å²) in [7, 11) is 0. The van der Waals surface area contributed by atoms with E-state index in [9.17, 15) is 9.59 Å². The van der Waals surface area contributed by atoms with Crippen molar-refractivity contribution in [1.29, 1.82) is 0 Å². The molecule has 0 fully saturated rings. The molecular formula is C29H34N6O2. The molecule has 8 heteroatoms. The Morgan fingerprint density at radius 2 is 1.81 bits per heavy atom. The van der Waals surface area contributed by atoms with Crippen molar-refractivity contribution in [3.05, 3.63) is 89.7 Å². The lowest BCUT2D eigenvalue weighted by Crippen LogP contribution is -2.51. The Balaban J connectivity index is 1.70. The van der Waals surface area contributed by atoms with Crippen LogP contribution in [0.1, 0.15) is 49.9 Å². The van der Waals surface area contributed by atoms with Gasteiger partial charge in [-0.2, -0.15) is 0 Å². The van der Waals surface area contributed by atoms with Gasteiger partial charge < -0.3 is 10.2 Å². The monoisotopic (exact) mass is 498 g/mol. The molecule has 1 N–H and O–H groups in total. The van der Waals surface area contributed by atoms with Crippen molar-refractivity contribution in [2.24, 2.45) is 0 Å². The summed E-state index contributed by atoms with van der Waals surface area (Å²) in [5, 5.41) is 11.5. The van der Waals surface area contributed by atoms with Crippen LogP contribution >= 0.6 is 0 Å². The Morgan fingerprint density at radius 3 is 2.54 bits per heavy atom. The summed E-state index contributed by atoms with van der Waals surface area (Å²) in [6, 6.07) is 18.5. The molecule has 4 aromatic rings. The van der Waals surface area contributed by atoms with Crippen LogP contribution < -0.4 is 5.32 Å². The summed E-state index contributed by atoms with van der Waals surface area (Å²) in [6.45, 7) is 8.37. The number of carbonyl (C=O) groups is 2. The fourth-order valence-electron chi connectivity index (χ4n) is 4.28. The van der Waals surface area contributed by atoms with Crippen molar-refractivity contribution in [2.75, 3.05) is 6.54 Å². The number of carbonyl (C=O) groups excluding carboxylic acids is 2. The fraction of sp³-hybridized carbons (Fsp3) is 0.345. The number of pyridine rings is 1. The Kier molecular flexibility index (Phi) is 7.96. The first-order valence-corrected chi connectivity index (χ1v) is 12.6. The first kappa shape index (κ1) is 26.0. The predicted molar refractivity (Wildman–Crippen MR) is 144 cm³/mol. The van der Waals surface area contributed by atoms with Crippen molar-refractivity contribution in [2.45, 2.75) is 58.7 Å². The van der Waals surface area contributed by atoms with Crippen molar-refractivity contribution in [1.82, 2.24) is 30.2 Å². The minimum atomic E-state index is -0.819. The van der Waals surface area contributed by atoms with Crippen LogP contribution in [0, 0.1) is 6.92 Å². The Hall–Kier alpha value is -4.07. The molecule has 8 nitrogen and oxygen atoms in total. The highest BCUT2D eigenvalue weighted by Crippen LogP contribution is 2.24. The van der Waals surface area contributed by atoms with Crippen LogP contribution in [-0.4, -0.2) is 48.8 Å². The van der Waals surface area contributed by atoms with E-state index in [4.69, 9.17) is 0 Å². The van der Waals surface area contributed by atoms with Crippen LogP contribution in [0.25, 0.3) is 11.0 Å². The summed E-state index contributed by atoms with van der Waals surface area (Å²) in [6.07, 6.45) is 4.66. The lowest BCUT2D eigenvalue weighted by Gasteiger charge is -2.34. The van der Waals surface area contributed by atoms with Crippen molar-refractivity contribution in [3.63, 3.8) is 0 Å². The molecule has 1 unspecified atom stereocenters. The van der Waals surface area contributed by atoms with E-state index in [2.05, 4.69) is 26.7 Å². The van der Waals surface area contributed by atoms with Gasteiger partial charge in [0.1, 0.15) is 18.1 Å². The quantitative estimate of drug-likeness (QED) is 0.353. The number of fused-ring (bicyclic) bond motifs is 1. The first-order valence-electron chi connectivity index (χ1n) is 12.6. The molecule has 0 spiro atoms. The molecule has 0 saturated heterocycles. The molecule has 4 rings (SSSR count). The topological polar surface area (TPSA) is 93.0 Å². The summed E-state index contributed by atoms with van der Waals surface area (Å²) in [5.41, 5.74) is 4.03. The number of hydrogen-bond donors (Lipinski definition) is 1. The zero-order chi connectivity index (χ0) is 26.4. The molecule has 0 radical (unpaired) electrons. The number of aromatic nitrogens is 4. The number of amides is 2. The molecule has 1 atom stereocenters. The van der Waals surface area contributed by atoms with Gasteiger partial charge >= 0.3 is 0 Å². The molecule has 37 heavy (non-hydrogen) atoms. The minimum absolute atomic E-state index is 0.0274. The summed E-state index contributed by atoms with van der Waals surface area (Å²) in [5.74, 6) is -0.436. The van der Waals surface area contributed by atoms with E-state index in [-0.39, 0.29) is 18.4 Å². The largest absolute Gasteiger partial charge is 0.349 e. The highest BCUT2D eigenvalue weighted by atomic mass is 16.2. The number of nitrogens with zero attached hydrogens (tertiary/aromatic N) is 5. The van der Waals surface area contributed by atoms with Crippen LogP contribution in [0.4, 0.5) is 0 Å². The number of aryl methyl sites for hydroxylation is 1. The molecule has 2 aromatic carbocycles. The van der Waals surface area contributed by atoms with Crippen LogP contribution in [-0.2, 0) is 22.6 Å². The first-order chi connectivity index (χ1) is 17.8. The minimum Gasteiger partial charge on any atom is -0.349 e. The van der Waals surface area contributed by atoms with Gasteiger partial charge in [-0.15, -0.1) is 5.10 Å². The van der Waals surface area contributed by atoms with Gasteiger partial charge in [0.15, 0.2) is 0 Å². The molecule has 192 valence electrons. The predicted octanol–water partition coefficient (Wildman–Crippen LogP) is 4.25. The van der Waals surface area contributed by atoms with Gasteiger partial charge in [0, 0.05) is 24.5 Å². The van der Waals surface area contributed by atoms with E-state index >= 15 is 0 Å². The van der Waals surface area contributed by atoms with Gasteiger partial charge in [-0.25, -0.2) is 4.68 Å². The Bertz CT molecular complexity index is 1370. The van der Waals surface area contributed by atoms with Crippen LogP contribution in [0.5, 0.6) is 0 Å². The smallest absolute Gasteiger partial charge is 0.247 e. The third-order valence-electron chi connectivity index (χ3n) is 6.68. The molecule has 0 aliphatic heterocycles. The second-order valence-corrected chi connectivity index (χ2v) is 9.97. The fourth-order valence-corrected chi connectivity index (χ4v) is 4.28. The number of hydrogen-bond acceptors (Lipinski definition) is 5. The summed E-state index contributed by atoms with van der Waals surface area (Å²) < 4.78 is 1.59. The van der Waals surface area contributed by atoms with E-state index in [1.54, 1.807) is 34.1 Å². The zero-order valence-electron chi connectivity index (χ0n) is 21.9. The molecule has 0 saturated carbocycles. The van der Waals surface area contributed by atoms with Gasteiger partial charge in [0.2, 0.25) is 11.8 Å². The molecular weight excluding hydrogens is 464 g/mol. The van der Waals surface area contributed by atoms with Crippen LogP contribution in [0.2, 0.25) is 0 Å². The van der Waals surface area contributed by atoms with Crippen molar-refractivity contribution >= 4 is 22.8 Å². The van der Waals surface area contributed by atoms with Gasteiger partial charge in [-0.1, -0.05) is 54.1 Å². The number of nitrogens with one attached hydrogen (secondary N) is 1. The van der Waals surface area contributed by atoms with E-state index in [0.717, 1.165) is 28.6 Å². The maximum absolute atomic E-state index is 13.9. The highest BCUT2D eigenvalue weighted by molar-refractivity contribution is 5.89. The maximum atomic E-state index is 13.9. The number of para-hydroxylation sites is 1. The Morgan fingerprint density at radius 1 is 1.05 bits per heavy atom. The Labute approximate surface area is 217 Å². The lowest BCUT2D eigenvalue weighted by atomic mass is 9.98. The maximum Gasteiger partial charge on any atom is 0.247 e. The normalized spacial score (nSPS) is 12.3.